The normalized spacial score (nSPS) is 11.0. The molecule has 1 N–H and O–H groups in total. The first kappa shape index (κ1) is 20.6. The lowest BCUT2D eigenvalue weighted by molar-refractivity contribution is -0.385. The van der Waals surface area contributed by atoms with E-state index in [0.717, 1.165) is 24.3 Å². The van der Waals surface area contributed by atoms with Crippen LogP contribution in [-0.2, 0) is 6.18 Å². The Kier molecular flexibility index (Phi) is 5.29. The first-order chi connectivity index (χ1) is 14.1. The fourth-order valence-electron chi connectivity index (χ4n) is 2.80. The molecule has 0 unspecified atom stereocenters. The zero-order valence-electron chi connectivity index (χ0n) is 15.3. The summed E-state index contributed by atoms with van der Waals surface area (Å²) in [6.07, 6.45) is -4.60. The van der Waals surface area contributed by atoms with Crippen molar-refractivity contribution in [2.24, 2.45) is 0 Å². The monoisotopic (exact) mass is 415 g/mol. The third-order valence-electron chi connectivity index (χ3n) is 4.14. The number of rotatable bonds is 4. The van der Waals surface area contributed by atoms with E-state index in [2.05, 4.69) is 4.98 Å². The van der Waals surface area contributed by atoms with Crippen molar-refractivity contribution in [3.63, 3.8) is 0 Å². The molecule has 0 bridgehead atoms. The van der Waals surface area contributed by atoms with E-state index in [-0.39, 0.29) is 28.2 Å². The van der Waals surface area contributed by atoms with Crippen LogP contribution >= 0.6 is 0 Å². The van der Waals surface area contributed by atoms with Gasteiger partial charge in [0.15, 0.2) is 0 Å². The number of nitro benzene ring substituents is 1. The zero-order chi connectivity index (χ0) is 22.1. The van der Waals surface area contributed by atoms with Crippen LogP contribution in [0.25, 0.3) is 11.1 Å². The smallest absolute Gasteiger partial charge is 0.416 e. The van der Waals surface area contributed by atoms with E-state index in [4.69, 9.17) is 4.74 Å². The minimum Gasteiger partial charge on any atom is -0.450 e. The first-order valence-corrected chi connectivity index (χ1v) is 8.38. The second-order valence-electron chi connectivity index (χ2n) is 6.25. The van der Waals surface area contributed by atoms with Crippen molar-refractivity contribution < 1.29 is 22.8 Å². The van der Waals surface area contributed by atoms with Crippen molar-refractivity contribution in [2.45, 2.75) is 13.1 Å². The van der Waals surface area contributed by atoms with Gasteiger partial charge in [-0.1, -0.05) is 12.1 Å². The molecule has 152 valence electrons. The van der Waals surface area contributed by atoms with Crippen LogP contribution in [-0.4, -0.2) is 9.91 Å². The minimum atomic E-state index is -4.60. The molecule has 3 aromatic rings. The Balaban J connectivity index is 2.08. The quantitative estimate of drug-likeness (QED) is 0.479. The van der Waals surface area contributed by atoms with Gasteiger partial charge in [-0.05, 0) is 42.8 Å². The number of nitro groups is 1. The Bertz CT molecular complexity index is 1240. The fourth-order valence-corrected chi connectivity index (χ4v) is 2.80. The van der Waals surface area contributed by atoms with Crippen LogP contribution in [0.2, 0.25) is 0 Å². The molecule has 0 atom stereocenters. The van der Waals surface area contributed by atoms with E-state index >= 15 is 0 Å². The van der Waals surface area contributed by atoms with Crippen molar-refractivity contribution in [3.05, 3.63) is 85.8 Å². The summed E-state index contributed by atoms with van der Waals surface area (Å²) in [5, 5.41) is 20.8. The molecule has 0 aliphatic rings. The third-order valence-corrected chi connectivity index (χ3v) is 4.14. The second-order valence-corrected chi connectivity index (χ2v) is 6.25. The summed E-state index contributed by atoms with van der Waals surface area (Å²) in [5.74, 6) is -0.520. The molecule has 3 rings (SSSR count). The number of hydrogen-bond donors (Lipinski definition) is 1. The number of H-pyrrole nitrogens is 1. The molecule has 0 aliphatic carbocycles. The highest BCUT2D eigenvalue weighted by Crippen LogP contribution is 2.37. The van der Waals surface area contributed by atoms with Crippen LogP contribution in [0, 0.1) is 28.4 Å². The number of pyridine rings is 1. The van der Waals surface area contributed by atoms with Gasteiger partial charge in [-0.2, -0.15) is 18.4 Å². The minimum absolute atomic E-state index is 0.187. The summed E-state index contributed by atoms with van der Waals surface area (Å²) in [5.41, 5.74) is -1.51. The molecular formula is C20H12F3N3O4. The topological polar surface area (TPSA) is 109 Å². The number of alkyl halides is 3. The highest BCUT2D eigenvalue weighted by atomic mass is 19.4. The molecule has 0 fully saturated rings. The lowest BCUT2D eigenvalue weighted by Gasteiger charge is -2.11. The van der Waals surface area contributed by atoms with Gasteiger partial charge in [0.05, 0.1) is 10.5 Å². The maximum Gasteiger partial charge on any atom is 0.416 e. The highest BCUT2D eigenvalue weighted by Gasteiger charge is 2.31. The van der Waals surface area contributed by atoms with Crippen molar-refractivity contribution in [3.8, 4) is 28.7 Å². The van der Waals surface area contributed by atoms with Crippen LogP contribution in [0.3, 0.4) is 0 Å². The van der Waals surface area contributed by atoms with Gasteiger partial charge in [0, 0.05) is 17.3 Å². The summed E-state index contributed by atoms with van der Waals surface area (Å²) in [4.78, 5) is 25.2. The van der Waals surface area contributed by atoms with Crippen LogP contribution in [0.4, 0.5) is 18.9 Å². The lowest BCUT2D eigenvalue weighted by atomic mass is 10.0. The van der Waals surface area contributed by atoms with E-state index in [1.54, 1.807) is 13.0 Å². The molecular weight excluding hydrogens is 403 g/mol. The SMILES string of the molecule is Cc1cc(-c2ccc(Oc3cccc(C(F)(F)F)c3)c([N+](=O)[O-])c2)c(C#N)c(=O)[nH]1. The summed E-state index contributed by atoms with van der Waals surface area (Å²) in [6, 6.07) is 10.9. The van der Waals surface area contributed by atoms with Gasteiger partial charge in [0.1, 0.15) is 17.4 Å². The number of nitrogens with one attached hydrogen (secondary N) is 1. The molecule has 0 saturated heterocycles. The average molecular weight is 415 g/mol. The van der Waals surface area contributed by atoms with Gasteiger partial charge in [0.25, 0.3) is 5.56 Å². The van der Waals surface area contributed by atoms with E-state index in [1.807, 2.05) is 0 Å². The van der Waals surface area contributed by atoms with E-state index < -0.39 is 27.9 Å². The molecule has 0 spiro atoms. The molecule has 0 radical (unpaired) electrons. The molecule has 2 aromatic carbocycles. The molecule has 0 aliphatic heterocycles. The van der Waals surface area contributed by atoms with E-state index in [9.17, 15) is 33.3 Å². The Morgan fingerprint density at radius 1 is 1.17 bits per heavy atom. The number of benzene rings is 2. The van der Waals surface area contributed by atoms with Crippen molar-refractivity contribution in [1.29, 1.82) is 5.26 Å². The number of ether oxygens (including phenoxy) is 1. The van der Waals surface area contributed by atoms with Crippen LogP contribution in [0.15, 0.2) is 53.3 Å². The summed E-state index contributed by atoms with van der Waals surface area (Å²) >= 11 is 0. The van der Waals surface area contributed by atoms with E-state index in [0.29, 0.717) is 5.69 Å². The van der Waals surface area contributed by atoms with Crippen LogP contribution in [0.5, 0.6) is 11.5 Å². The van der Waals surface area contributed by atoms with Crippen LogP contribution in [0.1, 0.15) is 16.8 Å². The predicted octanol–water partition coefficient (Wildman–Crippen LogP) is 4.94. The molecule has 1 aromatic heterocycles. The van der Waals surface area contributed by atoms with Crippen molar-refractivity contribution in [2.75, 3.05) is 0 Å². The van der Waals surface area contributed by atoms with Crippen molar-refractivity contribution in [1.82, 2.24) is 4.98 Å². The lowest BCUT2D eigenvalue weighted by Crippen LogP contribution is -2.12. The average Bonchev–Trinajstić information content (AvgIpc) is 2.67. The number of hydrogen-bond acceptors (Lipinski definition) is 5. The van der Waals surface area contributed by atoms with E-state index in [1.165, 1.54) is 24.3 Å². The van der Waals surface area contributed by atoms with Gasteiger partial charge in [-0.15, -0.1) is 0 Å². The maximum absolute atomic E-state index is 12.9. The number of nitrogens with zero attached hydrogens (tertiary/aromatic N) is 2. The van der Waals surface area contributed by atoms with Gasteiger partial charge in [-0.25, -0.2) is 0 Å². The largest absolute Gasteiger partial charge is 0.450 e. The number of nitriles is 1. The summed E-state index contributed by atoms with van der Waals surface area (Å²) in [6.45, 7) is 1.59. The summed E-state index contributed by atoms with van der Waals surface area (Å²) < 4.78 is 43.9. The predicted molar refractivity (Wildman–Crippen MR) is 100 cm³/mol. The molecule has 30 heavy (non-hydrogen) atoms. The fraction of sp³-hybridized carbons (Fsp3) is 0.100. The number of aromatic nitrogens is 1. The number of halogens is 3. The first-order valence-electron chi connectivity index (χ1n) is 8.38. The molecule has 1 heterocycles. The maximum atomic E-state index is 12.9. The number of aryl methyl sites for hydroxylation is 1. The van der Waals surface area contributed by atoms with Gasteiger partial charge < -0.3 is 9.72 Å². The third kappa shape index (κ3) is 4.15. The number of aromatic amines is 1. The molecule has 7 nitrogen and oxygen atoms in total. The summed E-state index contributed by atoms with van der Waals surface area (Å²) in [7, 11) is 0. The Labute approximate surface area is 167 Å². The van der Waals surface area contributed by atoms with Crippen molar-refractivity contribution >= 4 is 5.69 Å². The standard InChI is InChI=1S/C20H12F3N3O4/c1-11-7-15(16(10-24)19(27)25-11)12-5-6-18(17(8-12)26(28)29)30-14-4-2-3-13(9-14)20(21,22)23/h2-9H,1H3,(H,25,27). The Morgan fingerprint density at radius 3 is 2.53 bits per heavy atom. The Morgan fingerprint density at radius 2 is 1.90 bits per heavy atom. The molecule has 0 saturated carbocycles. The Hall–Kier alpha value is -4.13. The second kappa shape index (κ2) is 7.71. The van der Waals surface area contributed by atoms with Gasteiger partial charge in [-0.3, -0.25) is 14.9 Å². The van der Waals surface area contributed by atoms with Gasteiger partial charge in [0.2, 0.25) is 5.75 Å². The van der Waals surface area contributed by atoms with Crippen LogP contribution < -0.4 is 10.3 Å². The van der Waals surface area contributed by atoms with Gasteiger partial charge >= 0.3 is 11.9 Å². The zero-order valence-corrected chi connectivity index (χ0v) is 15.3. The highest BCUT2D eigenvalue weighted by molar-refractivity contribution is 5.74. The molecule has 10 heteroatoms. The molecule has 0 amide bonds.